The molecular weight excluding hydrogens is 416 g/mol. The minimum atomic E-state index is -0.330. The van der Waals surface area contributed by atoms with E-state index < -0.39 is 0 Å². The van der Waals surface area contributed by atoms with Crippen molar-refractivity contribution in [2.45, 2.75) is 38.4 Å². The summed E-state index contributed by atoms with van der Waals surface area (Å²) >= 11 is 5.94. The molecule has 4 rings (SSSR count). The summed E-state index contributed by atoms with van der Waals surface area (Å²) in [6.45, 7) is 2.83. The smallest absolute Gasteiger partial charge is 0.273 e. The van der Waals surface area contributed by atoms with Crippen molar-refractivity contribution in [1.29, 1.82) is 0 Å². The second-order valence-electron chi connectivity index (χ2n) is 7.94. The molecule has 0 saturated carbocycles. The van der Waals surface area contributed by atoms with Gasteiger partial charge in [-0.1, -0.05) is 35.9 Å². The van der Waals surface area contributed by atoms with Crippen LogP contribution in [-0.2, 0) is 17.9 Å². The third-order valence-electron chi connectivity index (χ3n) is 5.72. The van der Waals surface area contributed by atoms with Crippen LogP contribution in [0.25, 0.3) is 10.8 Å². The number of hydrogen-bond acceptors (Lipinski definition) is 4. The number of rotatable bonds is 6. The van der Waals surface area contributed by atoms with Gasteiger partial charge in [0.2, 0.25) is 5.91 Å². The number of amides is 1. The molecule has 8 heteroatoms. The Kier molecular flexibility index (Phi) is 6.53. The number of carbonyl (C=O) groups is 1. The van der Waals surface area contributed by atoms with E-state index in [4.69, 9.17) is 11.6 Å². The summed E-state index contributed by atoms with van der Waals surface area (Å²) in [6, 6.07) is 14.7. The third-order valence-corrected chi connectivity index (χ3v) is 5.97. The van der Waals surface area contributed by atoms with Crippen molar-refractivity contribution < 1.29 is 4.79 Å². The lowest BCUT2D eigenvalue weighted by atomic mass is 10.0. The average Bonchev–Trinajstić information content (AvgIpc) is 2.78. The minimum absolute atomic E-state index is 0.114. The molecule has 0 aliphatic carbocycles. The summed E-state index contributed by atoms with van der Waals surface area (Å²) < 4.78 is 1.22. The highest BCUT2D eigenvalue weighted by atomic mass is 35.5. The van der Waals surface area contributed by atoms with Crippen LogP contribution in [0.4, 0.5) is 0 Å². The van der Waals surface area contributed by atoms with Crippen molar-refractivity contribution in [2.24, 2.45) is 0 Å². The van der Waals surface area contributed by atoms with E-state index in [2.05, 4.69) is 15.3 Å². The summed E-state index contributed by atoms with van der Waals surface area (Å²) in [6.07, 6.45) is 1.90. The van der Waals surface area contributed by atoms with Gasteiger partial charge in [-0.2, -0.15) is 0 Å². The van der Waals surface area contributed by atoms with Gasteiger partial charge in [-0.15, -0.1) is 0 Å². The number of halogens is 1. The molecule has 0 atom stereocenters. The molecule has 31 heavy (non-hydrogen) atoms. The van der Waals surface area contributed by atoms with Crippen LogP contribution in [-0.4, -0.2) is 39.7 Å². The van der Waals surface area contributed by atoms with Crippen molar-refractivity contribution in [1.82, 2.24) is 20.0 Å². The number of H-pyrrole nitrogens is 1. The highest BCUT2D eigenvalue weighted by Crippen LogP contribution is 2.16. The number of aryl methyl sites for hydroxylation is 1. The molecule has 162 valence electrons. The SMILES string of the molecule is O=C(CCn1[nH]c(=O)c2ccccc2c1=O)NC1CCN(Cc2ccc(Cl)cc2)CC1. The number of aromatic amines is 1. The van der Waals surface area contributed by atoms with Crippen molar-refractivity contribution in [2.75, 3.05) is 13.1 Å². The van der Waals surface area contributed by atoms with E-state index in [0.29, 0.717) is 10.8 Å². The van der Waals surface area contributed by atoms with E-state index in [1.807, 2.05) is 24.3 Å². The van der Waals surface area contributed by atoms with Crippen molar-refractivity contribution in [3.8, 4) is 0 Å². The van der Waals surface area contributed by atoms with Crippen LogP contribution in [0.1, 0.15) is 24.8 Å². The Balaban J connectivity index is 1.27. The van der Waals surface area contributed by atoms with Crippen molar-refractivity contribution in [3.63, 3.8) is 0 Å². The molecule has 2 aromatic carbocycles. The highest BCUT2D eigenvalue weighted by molar-refractivity contribution is 6.30. The maximum absolute atomic E-state index is 12.5. The quantitative estimate of drug-likeness (QED) is 0.616. The molecule has 3 aromatic rings. The van der Waals surface area contributed by atoms with Crippen molar-refractivity contribution in [3.05, 3.63) is 79.8 Å². The van der Waals surface area contributed by atoms with Gasteiger partial charge in [-0.3, -0.25) is 24.4 Å². The van der Waals surface area contributed by atoms with Gasteiger partial charge in [0.15, 0.2) is 0 Å². The van der Waals surface area contributed by atoms with E-state index in [1.54, 1.807) is 24.3 Å². The van der Waals surface area contributed by atoms with Gasteiger partial charge in [-0.25, -0.2) is 4.68 Å². The van der Waals surface area contributed by atoms with E-state index >= 15 is 0 Å². The van der Waals surface area contributed by atoms with Gasteiger partial charge < -0.3 is 5.32 Å². The Labute approximate surface area is 184 Å². The number of fused-ring (bicyclic) bond motifs is 1. The van der Waals surface area contributed by atoms with Crippen molar-refractivity contribution >= 4 is 28.3 Å². The molecule has 1 amide bonds. The second kappa shape index (κ2) is 9.49. The van der Waals surface area contributed by atoms with Crippen LogP contribution >= 0.6 is 11.6 Å². The average molecular weight is 441 g/mol. The predicted molar refractivity (Wildman–Crippen MR) is 121 cm³/mol. The molecule has 1 fully saturated rings. The lowest BCUT2D eigenvalue weighted by Crippen LogP contribution is -2.44. The summed E-state index contributed by atoms with van der Waals surface area (Å²) in [7, 11) is 0. The highest BCUT2D eigenvalue weighted by Gasteiger charge is 2.21. The van der Waals surface area contributed by atoms with Gasteiger partial charge in [0.25, 0.3) is 11.1 Å². The first-order chi connectivity index (χ1) is 15.0. The molecular formula is C23H25ClN4O3. The zero-order chi connectivity index (χ0) is 21.8. The number of nitrogens with zero attached hydrogens (tertiary/aromatic N) is 2. The normalized spacial score (nSPS) is 15.3. The molecule has 1 saturated heterocycles. The van der Waals surface area contributed by atoms with E-state index in [1.165, 1.54) is 10.2 Å². The summed E-state index contributed by atoms with van der Waals surface area (Å²) in [5.41, 5.74) is 0.601. The molecule has 0 unspecified atom stereocenters. The number of aromatic nitrogens is 2. The molecule has 1 aliphatic heterocycles. The fourth-order valence-corrected chi connectivity index (χ4v) is 4.13. The summed E-state index contributed by atoms with van der Waals surface area (Å²) in [5, 5.41) is 7.08. The van der Waals surface area contributed by atoms with Gasteiger partial charge in [-0.05, 0) is 42.7 Å². The monoisotopic (exact) mass is 440 g/mol. The number of hydrogen-bond donors (Lipinski definition) is 2. The first-order valence-corrected chi connectivity index (χ1v) is 10.9. The van der Waals surface area contributed by atoms with E-state index in [0.717, 1.165) is 37.5 Å². The summed E-state index contributed by atoms with van der Waals surface area (Å²) in [4.78, 5) is 39.5. The minimum Gasteiger partial charge on any atom is -0.353 e. The maximum Gasteiger partial charge on any atom is 0.273 e. The molecule has 0 radical (unpaired) electrons. The number of nitrogens with one attached hydrogen (secondary N) is 2. The van der Waals surface area contributed by atoms with Gasteiger partial charge in [0, 0.05) is 37.1 Å². The lowest BCUT2D eigenvalue weighted by molar-refractivity contribution is -0.122. The van der Waals surface area contributed by atoms with Crippen LogP contribution in [0.3, 0.4) is 0 Å². The van der Waals surface area contributed by atoms with Crippen LogP contribution in [0.15, 0.2) is 58.1 Å². The predicted octanol–water partition coefficient (Wildman–Crippen LogP) is 2.51. The lowest BCUT2D eigenvalue weighted by Gasteiger charge is -2.32. The van der Waals surface area contributed by atoms with Crippen LogP contribution in [0.5, 0.6) is 0 Å². The van der Waals surface area contributed by atoms with Gasteiger partial charge in [0.1, 0.15) is 0 Å². The molecule has 0 bridgehead atoms. The van der Waals surface area contributed by atoms with Crippen LogP contribution < -0.4 is 16.4 Å². The number of carbonyl (C=O) groups excluding carboxylic acids is 1. The topological polar surface area (TPSA) is 87.2 Å². The maximum atomic E-state index is 12.5. The number of benzene rings is 2. The Hall–Kier alpha value is -2.90. The first-order valence-electron chi connectivity index (χ1n) is 10.5. The Morgan fingerprint density at radius 2 is 1.71 bits per heavy atom. The Morgan fingerprint density at radius 1 is 1.03 bits per heavy atom. The fourth-order valence-electron chi connectivity index (χ4n) is 4.00. The zero-order valence-corrected chi connectivity index (χ0v) is 17.9. The van der Waals surface area contributed by atoms with Crippen LogP contribution in [0.2, 0.25) is 5.02 Å². The molecule has 1 aliphatic rings. The standard InChI is InChI=1S/C23H25ClN4O3/c24-17-7-5-16(6-8-17)15-27-12-9-18(10-13-27)25-21(29)11-14-28-23(31)20-4-2-1-3-19(20)22(30)26-28/h1-8,18H,9-15H2,(H,25,29)(H,26,30). The third kappa shape index (κ3) is 5.24. The zero-order valence-electron chi connectivity index (χ0n) is 17.1. The van der Waals surface area contributed by atoms with E-state index in [-0.39, 0.29) is 36.0 Å². The molecule has 7 nitrogen and oxygen atoms in total. The molecule has 1 aromatic heterocycles. The second-order valence-corrected chi connectivity index (χ2v) is 8.37. The molecule has 0 spiro atoms. The Morgan fingerprint density at radius 3 is 2.42 bits per heavy atom. The molecule has 2 N–H and O–H groups in total. The molecule has 2 heterocycles. The number of piperidine rings is 1. The number of likely N-dealkylation sites (tertiary alicyclic amines) is 1. The largest absolute Gasteiger partial charge is 0.353 e. The fraction of sp³-hybridized carbons (Fsp3) is 0.348. The Bertz CT molecular complexity index is 1180. The van der Waals surface area contributed by atoms with Gasteiger partial charge in [0.05, 0.1) is 17.3 Å². The van der Waals surface area contributed by atoms with E-state index in [9.17, 15) is 14.4 Å². The van der Waals surface area contributed by atoms with Crippen LogP contribution in [0, 0.1) is 0 Å². The first kappa shape index (κ1) is 21.3. The van der Waals surface area contributed by atoms with Gasteiger partial charge >= 0.3 is 0 Å². The summed E-state index contributed by atoms with van der Waals surface area (Å²) in [5.74, 6) is -0.114.